The molecule has 0 saturated heterocycles. The number of amides is 1. The van der Waals surface area contributed by atoms with Crippen LogP contribution in [0.25, 0.3) is 10.2 Å². The first-order chi connectivity index (χ1) is 18.9. The molecule has 196 valence electrons. The van der Waals surface area contributed by atoms with Crippen molar-refractivity contribution >= 4 is 42.6 Å². The molecule has 1 aromatic heterocycles. The van der Waals surface area contributed by atoms with Gasteiger partial charge in [0.1, 0.15) is 5.82 Å². The SMILES string of the molecule is O=C(c1ccc(S(=O)(=O)N2CCc3ccccc3C2)cc1)N(Cc1ccccc1)c1nc2ccc(F)cc2s1. The van der Waals surface area contributed by atoms with Gasteiger partial charge in [0.2, 0.25) is 10.0 Å². The molecule has 4 aromatic carbocycles. The van der Waals surface area contributed by atoms with Gasteiger partial charge < -0.3 is 0 Å². The van der Waals surface area contributed by atoms with Crippen molar-refractivity contribution < 1.29 is 17.6 Å². The quantitative estimate of drug-likeness (QED) is 0.256. The van der Waals surface area contributed by atoms with Crippen molar-refractivity contribution in [2.45, 2.75) is 24.4 Å². The molecule has 1 amide bonds. The van der Waals surface area contributed by atoms with Crippen molar-refractivity contribution in [3.63, 3.8) is 0 Å². The Balaban J connectivity index is 1.29. The summed E-state index contributed by atoms with van der Waals surface area (Å²) in [5, 5.41) is 0.438. The van der Waals surface area contributed by atoms with E-state index in [1.54, 1.807) is 11.0 Å². The average Bonchev–Trinajstić information content (AvgIpc) is 3.39. The number of aromatic nitrogens is 1. The van der Waals surface area contributed by atoms with Crippen LogP contribution in [0.3, 0.4) is 0 Å². The Kier molecular flexibility index (Phi) is 6.72. The smallest absolute Gasteiger partial charge is 0.260 e. The van der Waals surface area contributed by atoms with E-state index in [9.17, 15) is 17.6 Å². The monoisotopic (exact) mass is 557 g/mol. The average molecular weight is 558 g/mol. The van der Waals surface area contributed by atoms with Crippen molar-refractivity contribution in [2.24, 2.45) is 0 Å². The maximum atomic E-state index is 13.8. The summed E-state index contributed by atoms with van der Waals surface area (Å²) in [5.41, 5.74) is 4.01. The molecule has 0 aliphatic carbocycles. The number of anilines is 1. The minimum Gasteiger partial charge on any atom is -0.279 e. The lowest BCUT2D eigenvalue weighted by Crippen LogP contribution is -2.36. The molecule has 0 atom stereocenters. The Hall–Kier alpha value is -3.92. The van der Waals surface area contributed by atoms with Crippen LogP contribution in [0.4, 0.5) is 9.52 Å². The maximum Gasteiger partial charge on any atom is 0.260 e. The molecule has 0 radical (unpaired) electrons. The van der Waals surface area contributed by atoms with Gasteiger partial charge in [-0.25, -0.2) is 17.8 Å². The Morgan fingerprint density at radius 3 is 2.41 bits per heavy atom. The Bertz CT molecular complexity index is 1770. The summed E-state index contributed by atoms with van der Waals surface area (Å²) in [6.07, 6.45) is 0.659. The summed E-state index contributed by atoms with van der Waals surface area (Å²) in [6, 6.07) is 27.8. The van der Waals surface area contributed by atoms with Crippen molar-refractivity contribution in [1.29, 1.82) is 0 Å². The number of fused-ring (bicyclic) bond motifs is 2. The van der Waals surface area contributed by atoms with Gasteiger partial charge in [0.05, 0.1) is 21.7 Å². The standard InChI is InChI=1S/C30H24FN3O3S2/c31-25-12-15-27-28(18-25)38-30(32-27)34(19-21-6-2-1-3-7-21)29(35)23-10-13-26(14-11-23)39(36,37)33-17-16-22-8-4-5-9-24(22)20-33/h1-15,18H,16-17,19-20H2. The van der Waals surface area contributed by atoms with Crippen molar-refractivity contribution in [2.75, 3.05) is 11.4 Å². The fourth-order valence-electron chi connectivity index (χ4n) is 4.74. The van der Waals surface area contributed by atoms with Gasteiger partial charge >= 0.3 is 0 Å². The van der Waals surface area contributed by atoms with Crippen LogP contribution < -0.4 is 4.90 Å². The van der Waals surface area contributed by atoms with Gasteiger partial charge in [-0.2, -0.15) is 4.31 Å². The van der Waals surface area contributed by atoms with E-state index in [0.29, 0.717) is 40.4 Å². The molecule has 6 nitrogen and oxygen atoms in total. The highest BCUT2D eigenvalue weighted by Gasteiger charge is 2.29. The van der Waals surface area contributed by atoms with E-state index in [1.807, 2.05) is 54.6 Å². The zero-order valence-electron chi connectivity index (χ0n) is 20.8. The predicted octanol–water partition coefficient (Wildman–Crippen LogP) is 6.03. The summed E-state index contributed by atoms with van der Waals surface area (Å²) in [5.74, 6) is -0.693. The number of hydrogen-bond donors (Lipinski definition) is 0. The Labute approximate surface area is 230 Å². The molecule has 0 spiro atoms. The molecule has 39 heavy (non-hydrogen) atoms. The molecule has 0 unspecified atom stereocenters. The number of rotatable bonds is 6. The van der Waals surface area contributed by atoms with Gasteiger partial charge in [-0.15, -0.1) is 0 Å². The fraction of sp³-hybridized carbons (Fsp3) is 0.133. The first-order valence-corrected chi connectivity index (χ1v) is 14.7. The Morgan fingerprint density at radius 1 is 0.923 bits per heavy atom. The highest BCUT2D eigenvalue weighted by Crippen LogP contribution is 2.32. The van der Waals surface area contributed by atoms with Crippen molar-refractivity contribution in [3.05, 3.63) is 125 Å². The molecule has 0 N–H and O–H groups in total. The minimum atomic E-state index is -3.73. The summed E-state index contributed by atoms with van der Waals surface area (Å²) in [4.78, 5) is 20.0. The molecule has 1 aliphatic heterocycles. The molecule has 1 aliphatic rings. The third kappa shape index (κ3) is 5.08. The second-order valence-corrected chi connectivity index (χ2v) is 12.3. The molecular formula is C30H24FN3O3S2. The fourth-order valence-corrected chi connectivity index (χ4v) is 7.15. The van der Waals surface area contributed by atoms with Gasteiger partial charge in [-0.1, -0.05) is 65.9 Å². The van der Waals surface area contributed by atoms with Crippen molar-refractivity contribution in [3.8, 4) is 0 Å². The van der Waals surface area contributed by atoms with Gasteiger partial charge in [0, 0.05) is 18.7 Å². The zero-order chi connectivity index (χ0) is 27.0. The first kappa shape index (κ1) is 25.4. The molecule has 6 rings (SSSR count). The molecule has 0 bridgehead atoms. The normalized spacial score (nSPS) is 13.8. The molecule has 0 fully saturated rings. The first-order valence-electron chi connectivity index (χ1n) is 12.5. The number of halogens is 1. The van der Waals surface area contributed by atoms with Crippen LogP contribution in [-0.2, 0) is 29.5 Å². The zero-order valence-corrected chi connectivity index (χ0v) is 22.5. The van der Waals surface area contributed by atoms with Gasteiger partial charge in [0.25, 0.3) is 5.91 Å². The van der Waals surface area contributed by atoms with Crippen LogP contribution in [-0.4, -0.2) is 30.2 Å². The van der Waals surface area contributed by atoms with Crippen LogP contribution in [0, 0.1) is 5.82 Å². The molecule has 2 heterocycles. The lowest BCUT2D eigenvalue weighted by molar-refractivity contribution is 0.0985. The van der Waals surface area contributed by atoms with Crippen LogP contribution in [0.1, 0.15) is 27.0 Å². The summed E-state index contributed by atoms with van der Waals surface area (Å²) in [7, 11) is -3.73. The number of benzene rings is 4. The van der Waals surface area contributed by atoms with Gasteiger partial charge in [-0.3, -0.25) is 9.69 Å². The lowest BCUT2D eigenvalue weighted by Gasteiger charge is -2.28. The van der Waals surface area contributed by atoms with Crippen LogP contribution in [0.2, 0.25) is 0 Å². The van der Waals surface area contributed by atoms with E-state index >= 15 is 0 Å². The maximum absolute atomic E-state index is 13.8. The largest absolute Gasteiger partial charge is 0.279 e. The predicted molar refractivity (Wildman–Crippen MR) is 151 cm³/mol. The second kappa shape index (κ2) is 10.3. The Morgan fingerprint density at radius 2 is 1.64 bits per heavy atom. The van der Waals surface area contributed by atoms with E-state index in [-0.39, 0.29) is 23.2 Å². The molecule has 0 saturated carbocycles. The molecular weight excluding hydrogens is 533 g/mol. The molecule has 5 aromatic rings. The third-order valence-electron chi connectivity index (χ3n) is 6.83. The number of carbonyl (C=O) groups excluding carboxylic acids is 1. The van der Waals surface area contributed by atoms with Gasteiger partial charge in [-0.05, 0) is 65.6 Å². The summed E-state index contributed by atoms with van der Waals surface area (Å²) >= 11 is 1.23. The van der Waals surface area contributed by atoms with E-state index < -0.39 is 10.0 Å². The highest BCUT2D eigenvalue weighted by atomic mass is 32.2. The van der Waals surface area contributed by atoms with E-state index in [0.717, 1.165) is 11.1 Å². The van der Waals surface area contributed by atoms with Crippen LogP contribution in [0.15, 0.2) is 102 Å². The number of nitrogens with zero attached hydrogens (tertiary/aromatic N) is 3. The third-order valence-corrected chi connectivity index (χ3v) is 9.73. The lowest BCUT2D eigenvalue weighted by atomic mass is 10.0. The van der Waals surface area contributed by atoms with E-state index in [2.05, 4.69) is 4.98 Å². The minimum absolute atomic E-state index is 0.142. The number of hydrogen-bond acceptors (Lipinski definition) is 5. The number of sulfonamides is 1. The van der Waals surface area contributed by atoms with E-state index in [4.69, 9.17) is 0 Å². The summed E-state index contributed by atoms with van der Waals surface area (Å²) in [6.45, 7) is 0.987. The summed E-state index contributed by atoms with van der Waals surface area (Å²) < 4.78 is 42.7. The van der Waals surface area contributed by atoms with Crippen LogP contribution in [0.5, 0.6) is 0 Å². The van der Waals surface area contributed by atoms with Crippen molar-refractivity contribution in [1.82, 2.24) is 9.29 Å². The number of carbonyl (C=O) groups is 1. The topological polar surface area (TPSA) is 70.6 Å². The van der Waals surface area contributed by atoms with Gasteiger partial charge in [0.15, 0.2) is 5.13 Å². The van der Waals surface area contributed by atoms with Crippen LogP contribution >= 0.6 is 11.3 Å². The highest BCUT2D eigenvalue weighted by molar-refractivity contribution is 7.89. The number of thiazole rings is 1. The molecule has 9 heteroatoms. The second-order valence-electron chi connectivity index (χ2n) is 9.37. The van der Waals surface area contributed by atoms with E-state index in [1.165, 1.54) is 57.6 Å².